The molecular formula is C22H30ClN3O2. The lowest BCUT2D eigenvalue weighted by atomic mass is 9.83. The Morgan fingerprint density at radius 1 is 1.29 bits per heavy atom. The van der Waals surface area contributed by atoms with E-state index in [9.17, 15) is 9.59 Å². The summed E-state index contributed by atoms with van der Waals surface area (Å²) in [6.45, 7) is 3.23. The standard InChI is InChI=1S/C22H30ClN3O2/c1-24(2)13-5-14-26-20-12-15-25(16-18(20)9-11-22(26)28)21(27)10-8-17-6-3-4-7-19(17)23/h3-4,6-8,10,18,20H,5,9,11-16H2,1-2H3/b10-8+/t18-,20+/m1/s1. The van der Waals surface area contributed by atoms with E-state index >= 15 is 0 Å². The summed E-state index contributed by atoms with van der Waals surface area (Å²) in [4.78, 5) is 31.3. The summed E-state index contributed by atoms with van der Waals surface area (Å²) >= 11 is 6.16. The second-order valence-corrected chi connectivity index (χ2v) is 8.45. The van der Waals surface area contributed by atoms with Crippen molar-refractivity contribution in [3.8, 4) is 0 Å². The number of rotatable bonds is 6. The third kappa shape index (κ3) is 5.15. The van der Waals surface area contributed by atoms with Crippen LogP contribution >= 0.6 is 11.6 Å². The number of hydrogen-bond donors (Lipinski definition) is 0. The Morgan fingerprint density at radius 3 is 2.82 bits per heavy atom. The molecule has 28 heavy (non-hydrogen) atoms. The fourth-order valence-electron chi connectivity index (χ4n) is 4.28. The third-order valence-electron chi connectivity index (χ3n) is 5.77. The first-order valence-electron chi connectivity index (χ1n) is 10.1. The molecule has 3 rings (SSSR count). The van der Waals surface area contributed by atoms with Crippen LogP contribution in [0.2, 0.25) is 5.02 Å². The molecule has 0 N–H and O–H groups in total. The molecule has 0 aliphatic carbocycles. The minimum absolute atomic E-state index is 0.0226. The summed E-state index contributed by atoms with van der Waals surface area (Å²) in [5, 5.41) is 0.643. The van der Waals surface area contributed by atoms with Crippen LogP contribution in [0.1, 0.15) is 31.2 Å². The van der Waals surface area contributed by atoms with Gasteiger partial charge in [-0.1, -0.05) is 29.8 Å². The molecule has 5 nitrogen and oxygen atoms in total. The van der Waals surface area contributed by atoms with Gasteiger partial charge in [0.1, 0.15) is 0 Å². The number of piperidine rings is 2. The summed E-state index contributed by atoms with van der Waals surface area (Å²) in [5.41, 5.74) is 0.850. The van der Waals surface area contributed by atoms with E-state index in [1.807, 2.05) is 29.2 Å². The van der Waals surface area contributed by atoms with E-state index in [1.165, 1.54) is 0 Å². The van der Waals surface area contributed by atoms with Gasteiger partial charge in [-0.25, -0.2) is 0 Å². The maximum atomic E-state index is 12.7. The first-order valence-corrected chi connectivity index (χ1v) is 10.5. The number of likely N-dealkylation sites (tertiary alicyclic amines) is 2. The molecule has 0 spiro atoms. The van der Waals surface area contributed by atoms with E-state index in [0.717, 1.165) is 44.5 Å². The zero-order valence-corrected chi connectivity index (χ0v) is 17.6. The van der Waals surface area contributed by atoms with E-state index in [1.54, 1.807) is 12.2 Å². The quantitative estimate of drug-likeness (QED) is 0.685. The number of hydrogen-bond acceptors (Lipinski definition) is 3. The van der Waals surface area contributed by atoms with E-state index in [4.69, 9.17) is 11.6 Å². The summed E-state index contributed by atoms with van der Waals surface area (Å²) in [6.07, 6.45) is 6.74. The summed E-state index contributed by atoms with van der Waals surface area (Å²) in [6, 6.07) is 7.78. The minimum atomic E-state index is 0.0226. The van der Waals surface area contributed by atoms with Crippen molar-refractivity contribution in [3.63, 3.8) is 0 Å². The highest BCUT2D eigenvalue weighted by Gasteiger charge is 2.39. The fourth-order valence-corrected chi connectivity index (χ4v) is 4.47. The van der Waals surface area contributed by atoms with E-state index in [0.29, 0.717) is 23.9 Å². The molecule has 2 aliphatic rings. The van der Waals surface area contributed by atoms with Crippen LogP contribution in [0.4, 0.5) is 0 Å². The first-order chi connectivity index (χ1) is 13.5. The number of fused-ring (bicyclic) bond motifs is 1. The molecule has 2 atom stereocenters. The van der Waals surface area contributed by atoms with Gasteiger partial charge in [-0.05, 0) is 63.5 Å². The molecule has 1 aromatic carbocycles. The van der Waals surface area contributed by atoms with E-state index < -0.39 is 0 Å². The monoisotopic (exact) mass is 403 g/mol. The maximum Gasteiger partial charge on any atom is 0.246 e. The van der Waals surface area contributed by atoms with Crippen molar-refractivity contribution < 1.29 is 9.59 Å². The summed E-state index contributed by atoms with van der Waals surface area (Å²) in [7, 11) is 4.11. The van der Waals surface area contributed by atoms with Gasteiger partial charge in [0.25, 0.3) is 0 Å². The van der Waals surface area contributed by atoms with E-state index in [2.05, 4.69) is 23.9 Å². The molecule has 1 aromatic rings. The van der Waals surface area contributed by atoms with Crippen LogP contribution < -0.4 is 0 Å². The molecule has 2 saturated heterocycles. The van der Waals surface area contributed by atoms with Gasteiger partial charge in [0.05, 0.1) is 0 Å². The minimum Gasteiger partial charge on any atom is -0.339 e. The second-order valence-electron chi connectivity index (χ2n) is 8.04. The predicted octanol–water partition coefficient (Wildman–Crippen LogP) is 3.14. The lowest BCUT2D eigenvalue weighted by molar-refractivity contribution is -0.143. The van der Waals surface area contributed by atoms with Gasteiger partial charge in [0.2, 0.25) is 11.8 Å². The van der Waals surface area contributed by atoms with Crippen molar-refractivity contribution in [1.29, 1.82) is 0 Å². The van der Waals surface area contributed by atoms with Gasteiger partial charge in [-0.3, -0.25) is 9.59 Å². The average molecular weight is 404 g/mol. The van der Waals surface area contributed by atoms with Crippen molar-refractivity contribution in [3.05, 3.63) is 40.9 Å². The molecule has 0 aromatic heterocycles. The number of halogens is 1. The Kier molecular flexibility index (Phi) is 7.13. The zero-order valence-electron chi connectivity index (χ0n) is 16.8. The van der Waals surface area contributed by atoms with Gasteiger partial charge in [-0.2, -0.15) is 0 Å². The SMILES string of the molecule is CN(C)CCCN1C(=O)CC[C@@H]2CN(C(=O)/C=C/c3ccccc3Cl)CC[C@@H]21. The fraction of sp³-hybridized carbons (Fsp3) is 0.545. The molecule has 152 valence electrons. The molecule has 2 fully saturated rings. The van der Waals surface area contributed by atoms with Crippen LogP contribution in [0.5, 0.6) is 0 Å². The van der Waals surface area contributed by atoms with Crippen molar-refractivity contribution in [2.45, 2.75) is 31.7 Å². The maximum absolute atomic E-state index is 12.7. The topological polar surface area (TPSA) is 43.9 Å². The summed E-state index contributed by atoms with van der Waals surface area (Å²) in [5.74, 6) is 0.677. The van der Waals surface area contributed by atoms with Crippen LogP contribution in [0, 0.1) is 5.92 Å². The lowest BCUT2D eigenvalue weighted by Crippen LogP contribution is -2.57. The Hall–Kier alpha value is -1.85. The molecule has 0 bridgehead atoms. The van der Waals surface area contributed by atoms with Gasteiger partial charge >= 0.3 is 0 Å². The third-order valence-corrected chi connectivity index (χ3v) is 6.11. The van der Waals surface area contributed by atoms with Crippen molar-refractivity contribution in [1.82, 2.24) is 14.7 Å². The second kappa shape index (κ2) is 9.57. The van der Waals surface area contributed by atoms with Crippen LogP contribution in [0.15, 0.2) is 30.3 Å². The van der Waals surface area contributed by atoms with Gasteiger partial charge in [0, 0.05) is 43.2 Å². The van der Waals surface area contributed by atoms with Crippen molar-refractivity contribution in [2.24, 2.45) is 5.92 Å². The van der Waals surface area contributed by atoms with Gasteiger partial charge in [0.15, 0.2) is 0 Å². The highest BCUT2D eigenvalue weighted by molar-refractivity contribution is 6.32. The highest BCUT2D eigenvalue weighted by Crippen LogP contribution is 2.31. The van der Waals surface area contributed by atoms with Crippen LogP contribution in [0.25, 0.3) is 6.08 Å². The number of amides is 2. The molecule has 0 radical (unpaired) electrons. The van der Waals surface area contributed by atoms with Crippen molar-refractivity contribution in [2.75, 3.05) is 40.3 Å². The Bertz CT molecular complexity index is 734. The van der Waals surface area contributed by atoms with Crippen LogP contribution in [-0.2, 0) is 9.59 Å². The number of carbonyl (C=O) groups excluding carboxylic acids is 2. The smallest absolute Gasteiger partial charge is 0.246 e. The molecule has 2 heterocycles. The molecular weight excluding hydrogens is 374 g/mol. The molecule has 6 heteroatoms. The largest absolute Gasteiger partial charge is 0.339 e. The molecule has 0 unspecified atom stereocenters. The van der Waals surface area contributed by atoms with Crippen molar-refractivity contribution >= 4 is 29.5 Å². The Morgan fingerprint density at radius 2 is 2.07 bits per heavy atom. The number of benzene rings is 1. The van der Waals surface area contributed by atoms with Gasteiger partial charge in [-0.15, -0.1) is 0 Å². The summed E-state index contributed by atoms with van der Waals surface area (Å²) < 4.78 is 0. The van der Waals surface area contributed by atoms with Gasteiger partial charge < -0.3 is 14.7 Å². The highest BCUT2D eigenvalue weighted by atomic mass is 35.5. The normalized spacial score (nSPS) is 22.8. The number of carbonyl (C=O) groups is 2. The molecule has 2 amide bonds. The average Bonchev–Trinajstić information content (AvgIpc) is 2.68. The van der Waals surface area contributed by atoms with Crippen LogP contribution in [0.3, 0.4) is 0 Å². The van der Waals surface area contributed by atoms with E-state index in [-0.39, 0.29) is 17.9 Å². The Balaban J connectivity index is 1.58. The zero-order chi connectivity index (χ0) is 20.1. The molecule has 2 aliphatic heterocycles. The number of nitrogens with zero attached hydrogens (tertiary/aromatic N) is 3. The first kappa shape index (κ1) is 20.9. The van der Waals surface area contributed by atoms with Crippen LogP contribution in [-0.4, -0.2) is 72.8 Å². The predicted molar refractivity (Wildman–Crippen MR) is 113 cm³/mol. The Labute approximate surface area is 172 Å². The lowest BCUT2D eigenvalue weighted by Gasteiger charge is -2.47. The molecule has 0 saturated carbocycles.